The molecule has 1 aliphatic rings. The molecular weight excluding hydrogens is 324 g/mol. The van der Waals surface area contributed by atoms with E-state index >= 15 is 0 Å². The van der Waals surface area contributed by atoms with Crippen molar-refractivity contribution in [1.29, 1.82) is 0 Å². The molecule has 2 nitrogen and oxygen atoms in total. The zero-order valence-corrected chi connectivity index (χ0v) is 13.7. The van der Waals surface area contributed by atoms with Crippen LogP contribution in [0.25, 0.3) is 6.20 Å². The first-order valence-electron chi connectivity index (χ1n) is 7.36. The molecule has 0 amide bonds. The normalized spacial score (nSPS) is 18.4. The van der Waals surface area contributed by atoms with Crippen LogP contribution in [0, 0.1) is 0 Å². The summed E-state index contributed by atoms with van der Waals surface area (Å²) in [7, 11) is 0. The predicted molar refractivity (Wildman–Crippen MR) is 90.5 cm³/mol. The maximum Gasteiger partial charge on any atom is 0.134 e. The monoisotopic (exact) mass is 342 g/mol. The molecular formula is C18H19BrN2. The van der Waals surface area contributed by atoms with Gasteiger partial charge in [-0.25, -0.2) is 0 Å². The molecule has 108 valence electrons. The van der Waals surface area contributed by atoms with Gasteiger partial charge in [-0.05, 0) is 18.1 Å². The summed E-state index contributed by atoms with van der Waals surface area (Å²) < 4.78 is 0. The number of benzene rings is 2. The molecule has 0 saturated carbocycles. The van der Waals surface area contributed by atoms with Crippen LogP contribution in [0.15, 0.2) is 59.6 Å². The first kappa shape index (κ1) is 14.3. The number of fused-ring (bicyclic) bond motifs is 1. The Kier molecular flexibility index (Phi) is 4.39. The van der Waals surface area contributed by atoms with Crippen molar-refractivity contribution in [3.8, 4) is 0 Å². The molecule has 2 aromatic rings. The third kappa shape index (κ3) is 3.18. The zero-order valence-electron chi connectivity index (χ0n) is 12.1. The van der Waals surface area contributed by atoms with Crippen molar-refractivity contribution in [3.05, 3.63) is 70.7 Å². The Hall–Kier alpha value is -1.61. The lowest BCUT2D eigenvalue weighted by Gasteiger charge is -2.33. The molecule has 0 fully saturated rings. The van der Waals surface area contributed by atoms with Gasteiger partial charge >= 0.3 is 0 Å². The van der Waals surface area contributed by atoms with Crippen LogP contribution in [0.3, 0.4) is 0 Å². The summed E-state index contributed by atoms with van der Waals surface area (Å²) in [4.78, 5) is 7.63. The van der Waals surface area contributed by atoms with Gasteiger partial charge in [0.1, 0.15) is 6.17 Å². The third-order valence-corrected chi connectivity index (χ3v) is 4.89. The minimum Gasteiger partial charge on any atom is -0.350 e. The second-order valence-corrected chi connectivity index (χ2v) is 6.49. The second-order valence-electron chi connectivity index (χ2n) is 5.31. The molecule has 0 bridgehead atoms. The van der Waals surface area contributed by atoms with Crippen molar-refractivity contribution in [1.82, 2.24) is 4.90 Å². The fourth-order valence-corrected chi connectivity index (χ4v) is 3.04. The van der Waals surface area contributed by atoms with Gasteiger partial charge in [0, 0.05) is 18.0 Å². The Morgan fingerprint density at radius 2 is 1.81 bits per heavy atom. The highest BCUT2D eigenvalue weighted by molar-refractivity contribution is 9.09. The molecule has 2 aromatic carbocycles. The number of nitrogens with zero attached hydrogens (tertiary/aromatic N) is 2. The first-order chi connectivity index (χ1) is 10.3. The smallest absolute Gasteiger partial charge is 0.134 e. The van der Waals surface area contributed by atoms with E-state index in [9.17, 15) is 0 Å². The summed E-state index contributed by atoms with van der Waals surface area (Å²) in [5, 5.41) is 2.28. The standard InChI is InChI=1S/C18H19BrN2/c1-2-16(19)18-20-17-11-7-6-10-15(17)13-21(18)12-14-8-4-3-5-9-14/h3-11,13,16,18H,2,12H2,1H3. The molecule has 0 spiro atoms. The third-order valence-electron chi connectivity index (χ3n) is 3.77. The van der Waals surface area contributed by atoms with Crippen LogP contribution in [-0.4, -0.2) is 15.9 Å². The van der Waals surface area contributed by atoms with Crippen molar-refractivity contribution < 1.29 is 0 Å². The Labute approximate surface area is 134 Å². The van der Waals surface area contributed by atoms with Gasteiger partial charge in [0.25, 0.3) is 0 Å². The first-order valence-corrected chi connectivity index (χ1v) is 8.28. The van der Waals surface area contributed by atoms with Crippen molar-refractivity contribution in [2.75, 3.05) is 0 Å². The molecule has 3 heteroatoms. The molecule has 1 aliphatic heterocycles. The van der Waals surface area contributed by atoms with Crippen LogP contribution in [-0.2, 0) is 6.54 Å². The maximum absolute atomic E-state index is 4.94. The largest absolute Gasteiger partial charge is 0.350 e. The highest BCUT2D eigenvalue weighted by Gasteiger charge is 2.23. The molecule has 0 aromatic heterocycles. The Morgan fingerprint density at radius 1 is 1.10 bits per heavy atom. The molecule has 21 heavy (non-hydrogen) atoms. The fourth-order valence-electron chi connectivity index (χ4n) is 2.62. The van der Waals surface area contributed by atoms with E-state index in [1.807, 2.05) is 0 Å². The second kappa shape index (κ2) is 6.44. The van der Waals surface area contributed by atoms with Crippen LogP contribution < -0.4 is 10.6 Å². The van der Waals surface area contributed by atoms with E-state index in [1.54, 1.807) is 0 Å². The molecule has 1 heterocycles. The molecule has 0 radical (unpaired) electrons. The van der Waals surface area contributed by atoms with E-state index in [4.69, 9.17) is 4.99 Å². The van der Waals surface area contributed by atoms with Crippen LogP contribution in [0.5, 0.6) is 0 Å². The van der Waals surface area contributed by atoms with Gasteiger partial charge in [0.05, 0.1) is 10.2 Å². The number of rotatable bonds is 4. The Balaban J connectivity index is 1.98. The molecule has 2 atom stereocenters. The lowest BCUT2D eigenvalue weighted by molar-refractivity contribution is 0.286. The number of para-hydroxylation sites is 1. The predicted octanol–water partition coefficient (Wildman–Crippen LogP) is 3.06. The summed E-state index contributed by atoms with van der Waals surface area (Å²) in [6, 6.07) is 18.9. The minimum atomic E-state index is 0.144. The lowest BCUT2D eigenvalue weighted by Crippen LogP contribution is -2.45. The van der Waals surface area contributed by atoms with E-state index in [-0.39, 0.29) is 6.17 Å². The highest BCUT2D eigenvalue weighted by atomic mass is 79.9. The van der Waals surface area contributed by atoms with Crippen LogP contribution in [0.1, 0.15) is 18.9 Å². The minimum absolute atomic E-state index is 0.144. The van der Waals surface area contributed by atoms with Crippen molar-refractivity contribution in [3.63, 3.8) is 0 Å². The van der Waals surface area contributed by atoms with Gasteiger partial charge in [0.15, 0.2) is 0 Å². The zero-order chi connectivity index (χ0) is 14.7. The summed E-state index contributed by atoms with van der Waals surface area (Å²) in [6.45, 7) is 3.07. The molecule has 3 rings (SSSR count). The van der Waals surface area contributed by atoms with E-state index in [0.29, 0.717) is 4.83 Å². The van der Waals surface area contributed by atoms with E-state index in [2.05, 4.69) is 88.6 Å². The number of halogens is 1. The summed E-state index contributed by atoms with van der Waals surface area (Å²) in [5.41, 5.74) is 1.31. The number of hydrogen-bond acceptors (Lipinski definition) is 2. The average Bonchev–Trinajstić information content (AvgIpc) is 2.54. The summed E-state index contributed by atoms with van der Waals surface area (Å²) >= 11 is 3.79. The quantitative estimate of drug-likeness (QED) is 0.779. The van der Waals surface area contributed by atoms with Gasteiger partial charge in [-0.1, -0.05) is 71.4 Å². The molecule has 0 aliphatic carbocycles. The Bertz CT molecular complexity index is 711. The molecule has 0 saturated heterocycles. The van der Waals surface area contributed by atoms with E-state index < -0.39 is 0 Å². The van der Waals surface area contributed by atoms with Gasteiger partial charge < -0.3 is 4.90 Å². The topological polar surface area (TPSA) is 15.6 Å². The van der Waals surface area contributed by atoms with Crippen LogP contribution in [0.4, 0.5) is 0 Å². The number of hydrogen-bond donors (Lipinski definition) is 0. The van der Waals surface area contributed by atoms with Crippen molar-refractivity contribution >= 4 is 22.1 Å². The number of alkyl halides is 1. The van der Waals surface area contributed by atoms with Crippen molar-refractivity contribution in [2.24, 2.45) is 4.99 Å². The average molecular weight is 343 g/mol. The van der Waals surface area contributed by atoms with E-state index in [0.717, 1.165) is 18.3 Å². The van der Waals surface area contributed by atoms with Crippen molar-refractivity contribution in [2.45, 2.75) is 30.9 Å². The van der Waals surface area contributed by atoms with Gasteiger partial charge in [-0.15, -0.1) is 0 Å². The van der Waals surface area contributed by atoms with Gasteiger partial charge in [-0.2, -0.15) is 0 Å². The SMILES string of the molecule is CCC(Br)C1N=c2ccccc2=CN1Cc1ccccc1. The summed E-state index contributed by atoms with van der Waals surface area (Å²) in [6.07, 6.45) is 3.43. The lowest BCUT2D eigenvalue weighted by atomic mass is 10.1. The van der Waals surface area contributed by atoms with E-state index in [1.165, 1.54) is 10.8 Å². The van der Waals surface area contributed by atoms with Crippen LogP contribution in [0.2, 0.25) is 0 Å². The molecule has 0 N–H and O–H groups in total. The Morgan fingerprint density at radius 3 is 2.57 bits per heavy atom. The van der Waals surface area contributed by atoms with Gasteiger partial charge in [-0.3, -0.25) is 4.99 Å². The summed E-state index contributed by atoms with van der Waals surface area (Å²) in [5.74, 6) is 0. The maximum atomic E-state index is 4.94. The fraction of sp³-hybridized carbons (Fsp3) is 0.278. The highest BCUT2D eigenvalue weighted by Crippen LogP contribution is 2.20. The van der Waals surface area contributed by atoms with Gasteiger partial charge in [0.2, 0.25) is 0 Å². The molecule has 2 unspecified atom stereocenters. The van der Waals surface area contributed by atoms with Crippen LogP contribution >= 0.6 is 15.9 Å².